The molecule has 1 aromatic rings. The second-order valence-electron chi connectivity index (χ2n) is 4.10. The summed E-state index contributed by atoms with van der Waals surface area (Å²) >= 11 is 6.50. The van der Waals surface area contributed by atoms with Gasteiger partial charge in [0.05, 0.1) is 5.54 Å². The molecule has 0 spiro atoms. The Bertz CT molecular complexity index is 447. The van der Waals surface area contributed by atoms with E-state index in [1.165, 1.54) is 0 Å². The topological polar surface area (TPSA) is 29.1 Å². The van der Waals surface area contributed by atoms with Crippen LogP contribution in [0.2, 0.25) is 0 Å². The number of carbonyl (C=O) groups is 1. The van der Waals surface area contributed by atoms with Crippen LogP contribution in [0.25, 0.3) is 0 Å². The molecular weight excluding hydrogens is 391 g/mol. The monoisotopic (exact) mass is 401 g/mol. The Balaban J connectivity index is 3.08. The van der Waals surface area contributed by atoms with E-state index in [1.807, 2.05) is 6.92 Å². The van der Waals surface area contributed by atoms with Gasteiger partial charge in [-0.15, -0.1) is 0 Å². The number of benzene rings is 1. The van der Waals surface area contributed by atoms with Gasteiger partial charge in [0.2, 0.25) is 0 Å². The maximum atomic E-state index is 13.5. The van der Waals surface area contributed by atoms with Gasteiger partial charge in [-0.05, 0) is 6.42 Å². The Morgan fingerprint density at radius 1 is 1.21 bits per heavy atom. The zero-order chi connectivity index (χ0) is 14.6. The summed E-state index contributed by atoms with van der Waals surface area (Å²) < 4.78 is 39.8. The van der Waals surface area contributed by atoms with Crippen LogP contribution in [-0.2, 0) is 0 Å². The summed E-state index contributed by atoms with van der Waals surface area (Å²) in [6.07, 6.45) is 0.555. The van der Waals surface area contributed by atoms with Gasteiger partial charge < -0.3 is 5.32 Å². The molecule has 0 aromatic heterocycles. The third-order valence-electron chi connectivity index (χ3n) is 2.80. The highest BCUT2D eigenvalue weighted by atomic mass is 79.9. The smallest absolute Gasteiger partial charge is 0.257 e. The second-order valence-corrected chi connectivity index (χ2v) is 5.22. The minimum atomic E-state index is -1.22. The first-order valence-electron chi connectivity index (χ1n) is 5.48. The molecule has 2 nitrogen and oxygen atoms in total. The second kappa shape index (κ2) is 6.74. The molecule has 0 saturated heterocycles. The Labute approximate surface area is 126 Å². The number of amides is 1. The highest BCUT2D eigenvalue weighted by Crippen LogP contribution is 2.20. The van der Waals surface area contributed by atoms with Crippen molar-refractivity contribution in [1.29, 1.82) is 0 Å². The van der Waals surface area contributed by atoms with E-state index < -0.39 is 34.5 Å². The van der Waals surface area contributed by atoms with E-state index >= 15 is 0 Å². The molecule has 0 radical (unpaired) electrons. The Kier molecular flexibility index (Phi) is 5.85. The fourth-order valence-corrected chi connectivity index (χ4v) is 3.44. The van der Waals surface area contributed by atoms with E-state index in [4.69, 9.17) is 0 Å². The fourth-order valence-electron chi connectivity index (χ4n) is 1.44. The Morgan fingerprint density at radius 3 is 2.05 bits per heavy atom. The summed E-state index contributed by atoms with van der Waals surface area (Å²) in [6.45, 7) is 1.83. The summed E-state index contributed by atoms with van der Waals surface area (Å²) in [5.41, 5.74) is -1.44. The molecule has 1 aromatic carbocycles. The van der Waals surface area contributed by atoms with Gasteiger partial charge in [0, 0.05) is 22.8 Å². The molecule has 0 aliphatic carbocycles. The lowest BCUT2D eigenvalue weighted by Crippen LogP contribution is -2.51. The molecule has 0 unspecified atom stereocenters. The van der Waals surface area contributed by atoms with Crippen molar-refractivity contribution in [3.63, 3.8) is 0 Å². The molecule has 7 heteroatoms. The van der Waals surface area contributed by atoms with Crippen LogP contribution in [0.1, 0.15) is 23.7 Å². The summed E-state index contributed by atoms with van der Waals surface area (Å²) in [5, 5.41) is 3.39. The summed E-state index contributed by atoms with van der Waals surface area (Å²) in [7, 11) is 0. The van der Waals surface area contributed by atoms with Crippen molar-refractivity contribution < 1.29 is 18.0 Å². The normalized spacial score (nSPS) is 11.5. The molecule has 0 atom stereocenters. The minimum absolute atomic E-state index is 0.415. The Hall–Kier alpha value is -0.560. The van der Waals surface area contributed by atoms with E-state index in [0.717, 1.165) is 0 Å². The van der Waals surface area contributed by atoms with Gasteiger partial charge in [-0.3, -0.25) is 4.79 Å². The first kappa shape index (κ1) is 16.5. The molecule has 0 bridgehead atoms. The minimum Gasteiger partial charge on any atom is -0.345 e. The molecule has 1 amide bonds. The third kappa shape index (κ3) is 3.72. The van der Waals surface area contributed by atoms with Crippen molar-refractivity contribution in [1.82, 2.24) is 5.32 Å². The van der Waals surface area contributed by atoms with E-state index in [2.05, 4.69) is 37.2 Å². The predicted octanol–water partition coefficient (Wildman–Crippen LogP) is 3.77. The molecule has 0 saturated carbocycles. The number of hydrogen-bond donors (Lipinski definition) is 1. The summed E-state index contributed by atoms with van der Waals surface area (Å²) in [6, 6.07) is 0.960. The van der Waals surface area contributed by atoms with E-state index in [-0.39, 0.29) is 0 Å². The van der Waals surface area contributed by atoms with Gasteiger partial charge in [0.15, 0.2) is 0 Å². The lowest BCUT2D eigenvalue weighted by Gasteiger charge is -2.30. The van der Waals surface area contributed by atoms with Crippen LogP contribution in [0, 0.1) is 17.5 Å². The van der Waals surface area contributed by atoms with Gasteiger partial charge in [-0.25, -0.2) is 13.2 Å². The van der Waals surface area contributed by atoms with Gasteiger partial charge >= 0.3 is 0 Å². The van der Waals surface area contributed by atoms with Crippen molar-refractivity contribution in [2.45, 2.75) is 18.9 Å². The van der Waals surface area contributed by atoms with Crippen LogP contribution < -0.4 is 5.32 Å². The quantitative estimate of drug-likeness (QED) is 0.746. The van der Waals surface area contributed by atoms with Crippen molar-refractivity contribution in [3.05, 3.63) is 35.1 Å². The van der Waals surface area contributed by atoms with Crippen LogP contribution in [0.4, 0.5) is 13.2 Å². The number of hydrogen-bond acceptors (Lipinski definition) is 1. The van der Waals surface area contributed by atoms with Crippen LogP contribution in [0.5, 0.6) is 0 Å². The highest BCUT2D eigenvalue weighted by molar-refractivity contribution is 9.09. The van der Waals surface area contributed by atoms with E-state index in [0.29, 0.717) is 29.2 Å². The molecule has 1 N–H and O–H groups in total. The van der Waals surface area contributed by atoms with Crippen LogP contribution in [0.3, 0.4) is 0 Å². The van der Waals surface area contributed by atoms with Gasteiger partial charge in [-0.1, -0.05) is 38.8 Å². The van der Waals surface area contributed by atoms with Crippen LogP contribution in [0.15, 0.2) is 12.1 Å². The van der Waals surface area contributed by atoms with Gasteiger partial charge in [0.25, 0.3) is 5.91 Å². The summed E-state index contributed by atoms with van der Waals surface area (Å²) in [5.74, 6) is -4.40. The Morgan fingerprint density at radius 2 is 1.68 bits per heavy atom. The first-order valence-corrected chi connectivity index (χ1v) is 7.72. The number of alkyl halides is 2. The van der Waals surface area contributed by atoms with Crippen molar-refractivity contribution >= 4 is 37.8 Å². The maximum Gasteiger partial charge on any atom is 0.257 e. The maximum absolute atomic E-state index is 13.5. The van der Waals surface area contributed by atoms with Gasteiger partial charge in [-0.2, -0.15) is 0 Å². The van der Waals surface area contributed by atoms with Crippen LogP contribution in [-0.4, -0.2) is 22.1 Å². The van der Waals surface area contributed by atoms with Gasteiger partial charge in [0.1, 0.15) is 23.0 Å². The fraction of sp³-hybridized carbons (Fsp3) is 0.417. The molecule has 0 aliphatic heterocycles. The number of halogens is 5. The number of carbonyl (C=O) groups excluding carboxylic acids is 1. The lowest BCUT2D eigenvalue weighted by atomic mass is 10.0. The predicted molar refractivity (Wildman–Crippen MR) is 74.4 cm³/mol. The number of nitrogens with one attached hydrogen (secondary N) is 1. The van der Waals surface area contributed by atoms with Crippen LogP contribution >= 0.6 is 31.9 Å². The lowest BCUT2D eigenvalue weighted by molar-refractivity contribution is 0.0906. The van der Waals surface area contributed by atoms with Crippen molar-refractivity contribution in [3.8, 4) is 0 Å². The zero-order valence-electron chi connectivity index (χ0n) is 10.1. The molecule has 0 fully saturated rings. The zero-order valence-corrected chi connectivity index (χ0v) is 13.2. The first-order chi connectivity index (χ1) is 8.89. The molecule has 19 heavy (non-hydrogen) atoms. The van der Waals surface area contributed by atoms with E-state index in [9.17, 15) is 18.0 Å². The van der Waals surface area contributed by atoms with Crippen molar-refractivity contribution in [2.24, 2.45) is 0 Å². The number of rotatable bonds is 5. The largest absolute Gasteiger partial charge is 0.345 e. The highest BCUT2D eigenvalue weighted by Gasteiger charge is 2.30. The molecule has 1 rings (SSSR count). The van der Waals surface area contributed by atoms with Crippen molar-refractivity contribution in [2.75, 3.05) is 10.7 Å². The SMILES string of the molecule is CCC(CBr)(CBr)NC(=O)c1c(F)cc(F)cc1F. The summed E-state index contributed by atoms with van der Waals surface area (Å²) in [4.78, 5) is 11.9. The molecule has 0 aliphatic rings. The average Bonchev–Trinajstić information content (AvgIpc) is 2.35. The molecule has 106 valence electrons. The third-order valence-corrected chi connectivity index (χ3v) is 4.95. The molecular formula is C12H12Br2F3NO. The van der Waals surface area contributed by atoms with E-state index in [1.54, 1.807) is 0 Å². The standard InChI is InChI=1S/C12H12Br2F3NO/c1-2-12(5-13,6-14)18-11(19)10-8(16)3-7(15)4-9(10)17/h3-4H,2,5-6H2,1H3,(H,18,19). The molecule has 0 heterocycles. The average molecular weight is 403 g/mol.